The number of amides is 1. The summed E-state index contributed by atoms with van der Waals surface area (Å²) in [5, 5.41) is 3.16. The fourth-order valence-electron chi connectivity index (χ4n) is 1.43. The lowest BCUT2D eigenvalue weighted by atomic mass is 10.2. The van der Waals surface area contributed by atoms with Gasteiger partial charge in [0.15, 0.2) is 0 Å². The van der Waals surface area contributed by atoms with Gasteiger partial charge in [-0.2, -0.15) is 0 Å². The third kappa shape index (κ3) is 3.26. The van der Waals surface area contributed by atoms with E-state index in [9.17, 15) is 9.18 Å². The third-order valence-corrected chi connectivity index (χ3v) is 3.84. The molecule has 19 heavy (non-hydrogen) atoms. The number of nitrogens with one attached hydrogen (secondary N) is 1. The van der Waals surface area contributed by atoms with E-state index in [2.05, 4.69) is 21.2 Å². The zero-order valence-electron chi connectivity index (χ0n) is 9.38. The molecule has 0 fully saturated rings. The maximum absolute atomic E-state index is 13.3. The molecule has 1 N–H and O–H groups in total. The zero-order valence-corrected chi connectivity index (χ0v) is 12.5. The van der Waals surface area contributed by atoms with Crippen molar-refractivity contribution in [1.29, 1.82) is 0 Å². The van der Waals surface area contributed by atoms with E-state index >= 15 is 0 Å². The summed E-state index contributed by atoms with van der Waals surface area (Å²) in [6.07, 6.45) is 0. The van der Waals surface area contributed by atoms with Crippen LogP contribution in [0.3, 0.4) is 0 Å². The lowest BCUT2D eigenvalue weighted by Crippen LogP contribution is -2.12. The van der Waals surface area contributed by atoms with Crippen molar-refractivity contribution in [2.75, 3.05) is 5.32 Å². The molecule has 1 amide bonds. The highest BCUT2D eigenvalue weighted by atomic mass is 79.9. The standard InChI is InChI=1S/C13H7BrCl2FNO/c14-8-5-4-7(6-10(8)17)13(19)18-11-3-1-2-9(15)12(11)16/h1-6H,(H,18,19). The molecule has 0 aliphatic carbocycles. The number of hydrogen-bond donors (Lipinski definition) is 1. The number of halogens is 4. The topological polar surface area (TPSA) is 29.1 Å². The van der Waals surface area contributed by atoms with Crippen LogP contribution in [-0.2, 0) is 0 Å². The first-order chi connectivity index (χ1) is 8.99. The number of benzene rings is 2. The van der Waals surface area contributed by atoms with Gasteiger partial charge >= 0.3 is 0 Å². The monoisotopic (exact) mass is 361 g/mol. The van der Waals surface area contributed by atoms with Gasteiger partial charge in [0.25, 0.3) is 5.91 Å². The fourth-order valence-corrected chi connectivity index (χ4v) is 2.03. The SMILES string of the molecule is O=C(Nc1cccc(Cl)c1Cl)c1ccc(Br)c(F)c1. The highest BCUT2D eigenvalue weighted by Gasteiger charge is 2.11. The van der Waals surface area contributed by atoms with E-state index in [0.29, 0.717) is 15.2 Å². The highest BCUT2D eigenvalue weighted by Crippen LogP contribution is 2.30. The quantitative estimate of drug-likeness (QED) is 0.786. The minimum atomic E-state index is -0.509. The predicted octanol–water partition coefficient (Wildman–Crippen LogP) is 5.15. The first-order valence-corrected chi connectivity index (χ1v) is 6.74. The molecular formula is C13H7BrCl2FNO. The normalized spacial score (nSPS) is 10.3. The summed E-state index contributed by atoms with van der Waals surface area (Å²) in [5.41, 5.74) is 0.569. The Bertz CT molecular complexity index is 649. The fraction of sp³-hybridized carbons (Fsp3) is 0. The molecule has 0 heterocycles. The van der Waals surface area contributed by atoms with Crippen LogP contribution in [0.4, 0.5) is 10.1 Å². The molecule has 0 spiro atoms. The molecule has 0 atom stereocenters. The molecule has 0 saturated carbocycles. The second-order valence-corrected chi connectivity index (χ2v) is 5.32. The van der Waals surface area contributed by atoms with Gasteiger partial charge in [0.05, 0.1) is 20.2 Å². The third-order valence-electron chi connectivity index (χ3n) is 2.38. The second-order valence-electron chi connectivity index (χ2n) is 3.68. The van der Waals surface area contributed by atoms with Crippen LogP contribution in [-0.4, -0.2) is 5.91 Å². The second kappa shape index (κ2) is 5.90. The summed E-state index contributed by atoms with van der Waals surface area (Å²) in [6.45, 7) is 0. The molecular weight excluding hydrogens is 356 g/mol. The Balaban J connectivity index is 2.26. The van der Waals surface area contributed by atoms with Gasteiger partial charge in [0.1, 0.15) is 5.82 Å². The minimum absolute atomic E-state index is 0.191. The lowest BCUT2D eigenvalue weighted by Gasteiger charge is -2.08. The zero-order chi connectivity index (χ0) is 14.0. The molecule has 0 unspecified atom stereocenters. The Labute approximate surface area is 127 Å². The van der Waals surface area contributed by atoms with Crippen LogP contribution >= 0.6 is 39.1 Å². The van der Waals surface area contributed by atoms with Crippen molar-refractivity contribution in [3.8, 4) is 0 Å². The summed E-state index contributed by atoms with van der Waals surface area (Å²) in [4.78, 5) is 11.9. The molecule has 2 aromatic rings. The van der Waals surface area contributed by atoms with Gasteiger partial charge < -0.3 is 5.32 Å². The lowest BCUT2D eigenvalue weighted by molar-refractivity contribution is 0.102. The molecule has 0 radical (unpaired) electrons. The molecule has 0 saturated heterocycles. The van der Waals surface area contributed by atoms with Crippen LogP contribution in [0.1, 0.15) is 10.4 Å². The van der Waals surface area contributed by atoms with Gasteiger partial charge in [-0.3, -0.25) is 4.79 Å². The molecule has 0 aliphatic rings. The molecule has 0 aromatic heterocycles. The number of anilines is 1. The Hall–Kier alpha value is -1.10. The molecule has 6 heteroatoms. The molecule has 2 rings (SSSR count). The Kier molecular flexibility index (Phi) is 4.45. The van der Waals surface area contributed by atoms with E-state index in [4.69, 9.17) is 23.2 Å². The van der Waals surface area contributed by atoms with Gasteiger partial charge in [-0.05, 0) is 46.3 Å². The summed E-state index contributed by atoms with van der Waals surface area (Å²) >= 11 is 14.8. The molecule has 0 bridgehead atoms. The molecule has 98 valence electrons. The Morgan fingerprint density at radius 1 is 1.21 bits per heavy atom. The van der Waals surface area contributed by atoms with Crippen molar-refractivity contribution in [3.63, 3.8) is 0 Å². The van der Waals surface area contributed by atoms with E-state index < -0.39 is 11.7 Å². The van der Waals surface area contributed by atoms with Crippen LogP contribution in [0.25, 0.3) is 0 Å². The van der Waals surface area contributed by atoms with Crippen molar-refractivity contribution >= 4 is 50.7 Å². The summed E-state index contributed by atoms with van der Waals surface area (Å²) in [5.74, 6) is -0.972. The number of carbonyl (C=O) groups is 1. The van der Waals surface area contributed by atoms with E-state index in [1.807, 2.05) is 0 Å². The van der Waals surface area contributed by atoms with E-state index in [-0.39, 0.29) is 10.6 Å². The van der Waals surface area contributed by atoms with Gasteiger partial charge in [-0.25, -0.2) is 4.39 Å². The van der Waals surface area contributed by atoms with Crippen molar-refractivity contribution < 1.29 is 9.18 Å². The van der Waals surface area contributed by atoms with Crippen LogP contribution in [0, 0.1) is 5.82 Å². The van der Waals surface area contributed by atoms with Gasteiger partial charge in [0.2, 0.25) is 0 Å². The van der Waals surface area contributed by atoms with Crippen molar-refractivity contribution in [2.45, 2.75) is 0 Å². The van der Waals surface area contributed by atoms with Crippen LogP contribution in [0.5, 0.6) is 0 Å². The van der Waals surface area contributed by atoms with E-state index in [1.165, 1.54) is 12.1 Å². The molecule has 0 aliphatic heterocycles. The summed E-state index contributed by atoms with van der Waals surface area (Å²) < 4.78 is 13.6. The van der Waals surface area contributed by atoms with Crippen molar-refractivity contribution in [3.05, 3.63) is 62.3 Å². The van der Waals surface area contributed by atoms with E-state index in [0.717, 1.165) is 6.07 Å². The predicted molar refractivity (Wildman–Crippen MR) is 78.5 cm³/mol. The van der Waals surface area contributed by atoms with Crippen LogP contribution in [0.2, 0.25) is 10.0 Å². The molecule has 2 aromatic carbocycles. The number of hydrogen-bond acceptors (Lipinski definition) is 1. The van der Waals surface area contributed by atoms with Crippen molar-refractivity contribution in [1.82, 2.24) is 0 Å². The average Bonchev–Trinajstić information content (AvgIpc) is 2.38. The first-order valence-electron chi connectivity index (χ1n) is 5.19. The largest absolute Gasteiger partial charge is 0.321 e. The number of rotatable bonds is 2. The highest BCUT2D eigenvalue weighted by molar-refractivity contribution is 9.10. The minimum Gasteiger partial charge on any atom is -0.321 e. The van der Waals surface area contributed by atoms with Gasteiger partial charge in [-0.1, -0.05) is 29.3 Å². The first kappa shape index (κ1) is 14.3. The van der Waals surface area contributed by atoms with E-state index in [1.54, 1.807) is 18.2 Å². The summed E-state index contributed by atoms with van der Waals surface area (Å²) in [6, 6.07) is 8.98. The van der Waals surface area contributed by atoms with Crippen LogP contribution < -0.4 is 5.32 Å². The smallest absolute Gasteiger partial charge is 0.255 e. The maximum Gasteiger partial charge on any atom is 0.255 e. The number of carbonyl (C=O) groups excluding carboxylic acids is 1. The Morgan fingerprint density at radius 2 is 1.95 bits per heavy atom. The van der Waals surface area contributed by atoms with Crippen molar-refractivity contribution in [2.24, 2.45) is 0 Å². The van der Waals surface area contributed by atoms with Gasteiger partial charge in [0, 0.05) is 5.56 Å². The Morgan fingerprint density at radius 3 is 2.63 bits per heavy atom. The average molecular weight is 363 g/mol. The molecule has 2 nitrogen and oxygen atoms in total. The maximum atomic E-state index is 13.3. The summed E-state index contributed by atoms with van der Waals surface area (Å²) in [7, 11) is 0. The van der Waals surface area contributed by atoms with Crippen LogP contribution in [0.15, 0.2) is 40.9 Å². The van der Waals surface area contributed by atoms with Gasteiger partial charge in [-0.15, -0.1) is 0 Å².